The molecule has 1 unspecified atom stereocenters. The van der Waals surface area contributed by atoms with E-state index < -0.39 is 11.5 Å². The SMILES string of the molecule is CC(C)(C1CCN(C(=O)Nc2ccc(Cl)cc2)CC1)C(O)c1cc(Cl)cc2cn[nH]c12. The number of hydrogen-bond acceptors (Lipinski definition) is 3. The van der Waals surface area contributed by atoms with Crippen molar-refractivity contribution in [3.05, 3.63) is 58.2 Å². The Morgan fingerprint density at radius 3 is 2.55 bits per heavy atom. The van der Waals surface area contributed by atoms with E-state index in [0.29, 0.717) is 23.1 Å². The second-order valence-electron chi connectivity index (χ2n) is 8.75. The van der Waals surface area contributed by atoms with Gasteiger partial charge < -0.3 is 15.3 Å². The van der Waals surface area contributed by atoms with Gasteiger partial charge in [-0.3, -0.25) is 5.10 Å². The summed E-state index contributed by atoms with van der Waals surface area (Å²) in [5, 5.41) is 23.4. The number of anilines is 1. The Kier molecular flexibility index (Phi) is 6.15. The first-order valence-electron chi connectivity index (χ1n) is 10.4. The Hall–Kier alpha value is -2.28. The van der Waals surface area contributed by atoms with Gasteiger partial charge in [0.05, 0.1) is 17.8 Å². The molecule has 164 valence electrons. The number of aliphatic hydroxyl groups excluding tert-OH is 1. The van der Waals surface area contributed by atoms with Gasteiger partial charge in [0.2, 0.25) is 0 Å². The fraction of sp³-hybridized carbons (Fsp3) is 0.391. The Morgan fingerprint density at radius 2 is 1.87 bits per heavy atom. The van der Waals surface area contributed by atoms with E-state index in [4.69, 9.17) is 23.2 Å². The molecule has 0 bridgehead atoms. The van der Waals surface area contributed by atoms with Crippen LogP contribution in [0.15, 0.2) is 42.6 Å². The van der Waals surface area contributed by atoms with Crippen LogP contribution in [-0.2, 0) is 0 Å². The molecule has 2 heterocycles. The number of rotatable bonds is 4. The quantitative estimate of drug-likeness (QED) is 0.454. The average Bonchev–Trinajstić information content (AvgIpc) is 3.22. The predicted octanol–water partition coefficient (Wildman–Crippen LogP) is 5.87. The van der Waals surface area contributed by atoms with E-state index >= 15 is 0 Å². The van der Waals surface area contributed by atoms with Gasteiger partial charge >= 0.3 is 6.03 Å². The molecule has 3 aromatic rings. The molecule has 1 saturated heterocycles. The van der Waals surface area contributed by atoms with E-state index in [2.05, 4.69) is 29.4 Å². The Bertz CT molecular complexity index is 1070. The molecule has 1 aliphatic rings. The highest BCUT2D eigenvalue weighted by Crippen LogP contribution is 2.46. The number of nitrogens with zero attached hydrogens (tertiary/aromatic N) is 2. The van der Waals surface area contributed by atoms with Crippen LogP contribution in [0.2, 0.25) is 10.0 Å². The molecule has 4 rings (SSSR count). The minimum absolute atomic E-state index is 0.117. The van der Waals surface area contributed by atoms with Crippen molar-refractivity contribution in [2.45, 2.75) is 32.8 Å². The number of fused-ring (bicyclic) bond motifs is 1. The third kappa shape index (κ3) is 4.52. The lowest BCUT2D eigenvalue weighted by Crippen LogP contribution is -2.45. The molecular formula is C23H26Cl2N4O2. The van der Waals surface area contributed by atoms with Crippen LogP contribution < -0.4 is 5.32 Å². The van der Waals surface area contributed by atoms with Crippen molar-refractivity contribution in [3.63, 3.8) is 0 Å². The summed E-state index contributed by atoms with van der Waals surface area (Å²) in [6, 6.07) is 10.6. The van der Waals surface area contributed by atoms with Gasteiger partial charge in [-0.25, -0.2) is 4.79 Å². The van der Waals surface area contributed by atoms with Gasteiger partial charge in [-0.15, -0.1) is 0 Å². The van der Waals surface area contributed by atoms with Crippen molar-refractivity contribution in [2.24, 2.45) is 11.3 Å². The summed E-state index contributed by atoms with van der Waals surface area (Å²) in [5.74, 6) is 0.249. The fourth-order valence-electron chi connectivity index (χ4n) is 4.45. The molecule has 3 N–H and O–H groups in total. The minimum Gasteiger partial charge on any atom is -0.388 e. The van der Waals surface area contributed by atoms with Crippen molar-refractivity contribution in [1.82, 2.24) is 15.1 Å². The molecular weight excluding hydrogens is 435 g/mol. The van der Waals surface area contributed by atoms with Crippen LogP contribution in [0, 0.1) is 11.3 Å². The van der Waals surface area contributed by atoms with Crippen LogP contribution in [0.4, 0.5) is 10.5 Å². The Labute approximate surface area is 191 Å². The fourth-order valence-corrected chi connectivity index (χ4v) is 4.81. The lowest BCUT2D eigenvalue weighted by atomic mass is 9.68. The number of benzene rings is 2. The second-order valence-corrected chi connectivity index (χ2v) is 9.62. The van der Waals surface area contributed by atoms with Crippen LogP contribution in [0.1, 0.15) is 38.4 Å². The van der Waals surface area contributed by atoms with E-state index in [1.807, 2.05) is 17.0 Å². The van der Waals surface area contributed by atoms with Crippen molar-refractivity contribution < 1.29 is 9.90 Å². The predicted molar refractivity (Wildman–Crippen MR) is 125 cm³/mol. The first kappa shape index (κ1) is 21.9. The molecule has 6 nitrogen and oxygen atoms in total. The highest BCUT2D eigenvalue weighted by Gasteiger charge is 2.40. The van der Waals surface area contributed by atoms with Gasteiger partial charge in [0.25, 0.3) is 0 Å². The third-order valence-corrected chi connectivity index (χ3v) is 6.94. The highest BCUT2D eigenvalue weighted by atomic mass is 35.5. The maximum Gasteiger partial charge on any atom is 0.321 e. The maximum absolute atomic E-state index is 12.6. The van der Waals surface area contributed by atoms with Crippen LogP contribution in [0.25, 0.3) is 10.9 Å². The molecule has 8 heteroatoms. The van der Waals surface area contributed by atoms with Crippen LogP contribution in [-0.4, -0.2) is 39.3 Å². The van der Waals surface area contributed by atoms with Crippen molar-refractivity contribution in [1.29, 1.82) is 0 Å². The van der Waals surface area contributed by atoms with Gasteiger partial charge in [0.1, 0.15) is 0 Å². The largest absolute Gasteiger partial charge is 0.388 e. The number of hydrogen-bond donors (Lipinski definition) is 3. The van der Waals surface area contributed by atoms with E-state index in [0.717, 1.165) is 35.0 Å². The van der Waals surface area contributed by atoms with Gasteiger partial charge in [0.15, 0.2) is 0 Å². The molecule has 2 aromatic carbocycles. The third-order valence-electron chi connectivity index (χ3n) is 6.47. The minimum atomic E-state index is -0.714. The zero-order valence-electron chi connectivity index (χ0n) is 17.5. The lowest BCUT2D eigenvalue weighted by molar-refractivity contribution is -0.0138. The maximum atomic E-state index is 12.6. The molecule has 2 amide bonds. The monoisotopic (exact) mass is 460 g/mol. The van der Waals surface area contributed by atoms with Gasteiger partial charge in [-0.2, -0.15) is 5.10 Å². The van der Waals surface area contributed by atoms with E-state index in [1.165, 1.54) is 0 Å². The number of piperidine rings is 1. The van der Waals surface area contributed by atoms with Crippen molar-refractivity contribution in [2.75, 3.05) is 18.4 Å². The van der Waals surface area contributed by atoms with Gasteiger partial charge in [-0.05, 0) is 60.6 Å². The smallest absolute Gasteiger partial charge is 0.321 e. The number of amides is 2. The number of urea groups is 1. The first-order valence-corrected chi connectivity index (χ1v) is 11.1. The molecule has 0 aliphatic carbocycles. The summed E-state index contributed by atoms with van der Waals surface area (Å²) in [6.07, 6.45) is 2.62. The molecule has 1 atom stereocenters. The highest BCUT2D eigenvalue weighted by molar-refractivity contribution is 6.31. The number of carbonyl (C=O) groups is 1. The van der Waals surface area contributed by atoms with E-state index in [9.17, 15) is 9.90 Å². The van der Waals surface area contributed by atoms with Crippen molar-refractivity contribution >= 4 is 45.8 Å². The summed E-state index contributed by atoms with van der Waals surface area (Å²) >= 11 is 12.2. The van der Waals surface area contributed by atoms with E-state index in [1.54, 1.807) is 30.5 Å². The van der Waals surface area contributed by atoms with Gasteiger partial charge in [0, 0.05) is 39.8 Å². The summed E-state index contributed by atoms with van der Waals surface area (Å²) in [4.78, 5) is 14.4. The zero-order valence-corrected chi connectivity index (χ0v) is 19.0. The Morgan fingerprint density at radius 1 is 1.19 bits per heavy atom. The molecule has 1 aliphatic heterocycles. The molecule has 0 spiro atoms. The molecule has 0 saturated carbocycles. The zero-order chi connectivity index (χ0) is 22.2. The van der Waals surface area contributed by atoms with Gasteiger partial charge in [-0.1, -0.05) is 37.0 Å². The number of carbonyl (C=O) groups excluding carboxylic acids is 1. The van der Waals surface area contributed by atoms with Crippen LogP contribution in [0.3, 0.4) is 0 Å². The number of aliphatic hydroxyl groups is 1. The molecule has 1 fully saturated rings. The lowest BCUT2D eigenvalue weighted by Gasteiger charge is -2.43. The average molecular weight is 461 g/mol. The molecule has 1 aromatic heterocycles. The second kappa shape index (κ2) is 8.69. The van der Waals surface area contributed by atoms with Crippen molar-refractivity contribution in [3.8, 4) is 0 Å². The first-order chi connectivity index (χ1) is 14.8. The van der Waals surface area contributed by atoms with Crippen LogP contribution >= 0.6 is 23.2 Å². The van der Waals surface area contributed by atoms with E-state index in [-0.39, 0.29) is 11.9 Å². The summed E-state index contributed by atoms with van der Waals surface area (Å²) < 4.78 is 0. The summed E-state index contributed by atoms with van der Waals surface area (Å²) in [5.41, 5.74) is 1.89. The number of aromatic nitrogens is 2. The summed E-state index contributed by atoms with van der Waals surface area (Å²) in [6.45, 7) is 5.42. The normalized spacial score (nSPS) is 16.5. The Balaban J connectivity index is 1.42. The number of likely N-dealkylation sites (tertiary alicyclic amines) is 1. The number of nitrogens with one attached hydrogen (secondary N) is 2. The summed E-state index contributed by atoms with van der Waals surface area (Å²) in [7, 11) is 0. The topological polar surface area (TPSA) is 81.2 Å². The van der Waals surface area contributed by atoms with Crippen LogP contribution in [0.5, 0.6) is 0 Å². The molecule has 31 heavy (non-hydrogen) atoms. The number of aromatic amines is 1. The molecule has 0 radical (unpaired) electrons. The number of H-pyrrole nitrogens is 1. The number of halogens is 2. The standard InChI is InChI=1S/C23H26Cl2N4O2/c1-23(2,21(30)19-12-17(25)11-14-13-26-28-20(14)19)15-7-9-29(10-8-15)22(31)27-18-5-3-16(24)4-6-18/h3-6,11-13,15,21,30H,7-10H2,1-2H3,(H,26,28)(H,27,31).